The minimum Gasteiger partial charge on any atom is -0.366 e. The first-order valence-corrected chi connectivity index (χ1v) is 6.74. The lowest BCUT2D eigenvalue weighted by Crippen LogP contribution is -2.18. The summed E-state index contributed by atoms with van der Waals surface area (Å²) in [6.45, 7) is 0.556. The first-order valence-electron chi connectivity index (χ1n) is 5.79. The number of nitrogens with two attached hydrogens (primary N) is 1. The van der Waals surface area contributed by atoms with Gasteiger partial charge in [-0.05, 0) is 34.5 Å². The van der Waals surface area contributed by atoms with Crippen LogP contribution in [0.4, 0.5) is 11.4 Å². The maximum Gasteiger partial charge on any atom is 0.293 e. The Hall–Kier alpha value is -2.41. The lowest BCUT2D eigenvalue weighted by molar-refractivity contribution is -0.384. The van der Waals surface area contributed by atoms with Gasteiger partial charge in [0.1, 0.15) is 5.69 Å². The van der Waals surface area contributed by atoms with Gasteiger partial charge < -0.3 is 10.6 Å². The predicted octanol–water partition coefficient (Wildman–Crippen LogP) is 2.39. The van der Waals surface area contributed by atoms with E-state index in [9.17, 15) is 14.9 Å². The van der Waals surface area contributed by atoms with Gasteiger partial charge in [-0.15, -0.1) is 0 Å². The molecule has 0 bridgehead atoms. The van der Waals surface area contributed by atoms with Gasteiger partial charge in [-0.2, -0.15) is 11.3 Å². The molecule has 2 aromatic rings. The Morgan fingerprint density at radius 2 is 2.20 bits per heavy atom. The maximum absolute atomic E-state index is 11.1. The number of amides is 1. The van der Waals surface area contributed by atoms with Crippen molar-refractivity contribution in [3.63, 3.8) is 0 Å². The third-order valence-electron chi connectivity index (χ3n) is 2.87. The van der Waals surface area contributed by atoms with Gasteiger partial charge in [-0.25, -0.2) is 0 Å². The number of nitro benzene ring substituents is 1. The molecule has 1 amide bonds. The van der Waals surface area contributed by atoms with Crippen molar-refractivity contribution in [1.29, 1.82) is 0 Å². The Kier molecular flexibility index (Phi) is 3.99. The van der Waals surface area contributed by atoms with Crippen LogP contribution in [-0.2, 0) is 6.54 Å². The molecule has 0 aliphatic heterocycles. The Morgan fingerprint density at radius 1 is 1.45 bits per heavy atom. The Labute approximate surface area is 119 Å². The molecule has 0 aliphatic carbocycles. The first kappa shape index (κ1) is 14.0. The second kappa shape index (κ2) is 5.70. The summed E-state index contributed by atoms with van der Waals surface area (Å²) in [7, 11) is 1.77. The van der Waals surface area contributed by atoms with Crippen molar-refractivity contribution in [2.75, 3.05) is 11.9 Å². The maximum atomic E-state index is 11.1. The molecular formula is C13H13N3O3S. The number of hydrogen-bond acceptors (Lipinski definition) is 5. The largest absolute Gasteiger partial charge is 0.366 e. The van der Waals surface area contributed by atoms with E-state index in [1.807, 2.05) is 16.8 Å². The topological polar surface area (TPSA) is 89.5 Å². The number of carbonyl (C=O) groups excluding carboxylic acids is 1. The zero-order valence-corrected chi connectivity index (χ0v) is 11.6. The third kappa shape index (κ3) is 2.94. The number of anilines is 1. The van der Waals surface area contributed by atoms with Crippen LogP contribution in [0.15, 0.2) is 35.0 Å². The average molecular weight is 291 g/mol. The highest BCUT2D eigenvalue weighted by Crippen LogP contribution is 2.29. The summed E-state index contributed by atoms with van der Waals surface area (Å²) in [6.07, 6.45) is 0. The van der Waals surface area contributed by atoms with Crippen molar-refractivity contribution in [3.8, 4) is 0 Å². The lowest BCUT2D eigenvalue weighted by Gasteiger charge is -2.18. The van der Waals surface area contributed by atoms with Crippen LogP contribution in [0.1, 0.15) is 15.9 Å². The van der Waals surface area contributed by atoms with Gasteiger partial charge in [-0.3, -0.25) is 14.9 Å². The molecule has 2 rings (SSSR count). The third-order valence-corrected chi connectivity index (χ3v) is 3.60. The number of carbonyl (C=O) groups is 1. The molecule has 0 saturated carbocycles. The number of rotatable bonds is 5. The fourth-order valence-electron chi connectivity index (χ4n) is 1.89. The van der Waals surface area contributed by atoms with Crippen molar-refractivity contribution >= 4 is 28.6 Å². The summed E-state index contributed by atoms with van der Waals surface area (Å²) in [6, 6.07) is 6.21. The number of hydrogen-bond donors (Lipinski definition) is 1. The smallest absolute Gasteiger partial charge is 0.293 e. The molecule has 0 atom stereocenters. The molecule has 0 radical (unpaired) electrons. The van der Waals surface area contributed by atoms with Crippen molar-refractivity contribution in [2.45, 2.75) is 6.54 Å². The van der Waals surface area contributed by atoms with Crippen LogP contribution in [0.5, 0.6) is 0 Å². The summed E-state index contributed by atoms with van der Waals surface area (Å²) in [5.74, 6) is -0.680. The van der Waals surface area contributed by atoms with Crippen molar-refractivity contribution in [3.05, 3.63) is 56.3 Å². The van der Waals surface area contributed by atoms with E-state index in [0.29, 0.717) is 12.2 Å². The van der Waals surface area contributed by atoms with Gasteiger partial charge >= 0.3 is 0 Å². The second-order valence-corrected chi connectivity index (χ2v) is 5.09. The molecule has 1 heterocycles. The van der Waals surface area contributed by atoms with Crippen LogP contribution < -0.4 is 10.6 Å². The monoisotopic (exact) mass is 291 g/mol. The summed E-state index contributed by atoms with van der Waals surface area (Å²) in [5.41, 5.74) is 6.67. The summed E-state index contributed by atoms with van der Waals surface area (Å²) in [5, 5.41) is 15.1. The quantitative estimate of drug-likeness (QED) is 0.676. The number of nitro groups is 1. The van der Waals surface area contributed by atoms with E-state index >= 15 is 0 Å². The number of thiophene rings is 1. The SMILES string of the molecule is CN(Cc1ccsc1)c1ccc(C(N)=O)cc1[N+](=O)[O-]. The van der Waals surface area contributed by atoms with Gasteiger partial charge in [0.15, 0.2) is 0 Å². The van der Waals surface area contributed by atoms with Crippen LogP contribution in [0.25, 0.3) is 0 Å². The van der Waals surface area contributed by atoms with E-state index in [0.717, 1.165) is 5.56 Å². The molecule has 2 N–H and O–H groups in total. The minimum atomic E-state index is -0.680. The predicted molar refractivity (Wildman–Crippen MR) is 78.0 cm³/mol. The lowest BCUT2D eigenvalue weighted by atomic mass is 10.1. The molecule has 6 nitrogen and oxygen atoms in total. The van der Waals surface area contributed by atoms with Crippen molar-refractivity contribution in [2.24, 2.45) is 5.73 Å². The van der Waals surface area contributed by atoms with E-state index in [1.165, 1.54) is 12.1 Å². The van der Waals surface area contributed by atoms with E-state index in [-0.39, 0.29) is 11.3 Å². The summed E-state index contributed by atoms with van der Waals surface area (Å²) < 4.78 is 0. The zero-order valence-electron chi connectivity index (χ0n) is 10.8. The Balaban J connectivity index is 2.35. The van der Waals surface area contributed by atoms with Gasteiger partial charge in [0, 0.05) is 25.2 Å². The first-order chi connectivity index (χ1) is 9.49. The van der Waals surface area contributed by atoms with Crippen molar-refractivity contribution in [1.82, 2.24) is 0 Å². The Bertz CT molecular complexity index is 640. The van der Waals surface area contributed by atoms with Gasteiger partial charge in [-0.1, -0.05) is 0 Å². The second-order valence-electron chi connectivity index (χ2n) is 4.31. The van der Waals surface area contributed by atoms with Crippen molar-refractivity contribution < 1.29 is 9.72 Å². The normalized spacial score (nSPS) is 10.2. The molecule has 20 heavy (non-hydrogen) atoms. The standard InChI is InChI=1S/C13H13N3O3S/c1-15(7-9-4-5-20-8-9)11-3-2-10(13(14)17)6-12(11)16(18)19/h2-6,8H,7H2,1H3,(H2,14,17). The summed E-state index contributed by atoms with van der Waals surface area (Å²) >= 11 is 1.57. The highest BCUT2D eigenvalue weighted by Gasteiger charge is 2.19. The number of benzene rings is 1. The van der Waals surface area contributed by atoms with Crippen LogP contribution in [0, 0.1) is 10.1 Å². The fraction of sp³-hybridized carbons (Fsp3) is 0.154. The van der Waals surface area contributed by atoms with Gasteiger partial charge in [0.2, 0.25) is 5.91 Å². The van der Waals surface area contributed by atoms with Crippen LogP contribution in [-0.4, -0.2) is 17.9 Å². The molecule has 0 spiro atoms. The average Bonchev–Trinajstić information content (AvgIpc) is 2.90. The highest BCUT2D eigenvalue weighted by atomic mass is 32.1. The molecule has 1 aromatic carbocycles. The molecule has 1 aromatic heterocycles. The van der Waals surface area contributed by atoms with E-state index in [1.54, 1.807) is 29.4 Å². The van der Waals surface area contributed by atoms with Gasteiger partial charge in [0.25, 0.3) is 5.69 Å². The summed E-state index contributed by atoms with van der Waals surface area (Å²) in [4.78, 5) is 23.5. The van der Waals surface area contributed by atoms with E-state index < -0.39 is 10.8 Å². The highest BCUT2D eigenvalue weighted by molar-refractivity contribution is 7.07. The zero-order chi connectivity index (χ0) is 14.7. The number of nitrogens with zero attached hydrogens (tertiary/aromatic N) is 2. The van der Waals surface area contributed by atoms with E-state index in [4.69, 9.17) is 5.73 Å². The minimum absolute atomic E-state index is 0.126. The van der Waals surface area contributed by atoms with Crippen LogP contribution in [0.3, 0.4) is 0 Å². The molecule has 104 valence electrons. The molecule has 0 unspecified atom stereocenters. The number of primary amides is 1. The van der Waals surface area contributed by atoms with Crippen LogP contribution in [0.2, 0.25) is 0 Å². The molecular weight excluding hydrogens is 278 g/mol. The molecule has 0 aliphatic rings. The van der Waals surface area contributed by atoms with Crippen LogP contribution >= 0.6 is 11.3 Å². The fourth-order valence-corrected chi connectivity index (χ4v) is 2.55. The molecule has 7 heteroatoms. The van der Waals surface area contributed by atoms with E-state index in [2.05, 4.69) is 0 Å². The Morgan fingerprint density at radius 3 is 2.75 bits per heavy atom. The molecule has 0 fully saturated rings. The van der Waals surface area contributed by atoms with Gasteiger partial charge in [0.05, 0.1) is 4.92 Å². The molecule has 0 saturated heterocycles.